The van der Waals surface area contributed by atoms with E-state index >= 15 is 0 Å². The van der Waals surface area contributed by atoms with Crippen molar-refractivity contribution in [3.63, 3.8) is 0 Å². The van der Waals surface area contributed by atoms with Crippen molar-refractivity contribution < 1.29 is 9.53 Å². The van der Waals surface area contributed by atoms with Crippen molar-refractivity contribution in [1.82, 2.24) is 0 Å². The molecule has 1 atom stereocenters. The third-order valence-electron chi connectivity index (χ3n) is 3.49. The summed E-state index contributed by atoms with van der Waals surface area (Å²) in [5, 5.41) is 0. The van der Waals surface area contributed by atoms with Crippen LogP contribution in [-0.4, -0.2) is 19.5 Å². The lowest BCUT2D eigenvalue weighted by molar-refractivity contribution is -0.130. The molecule has 0 aromatic rings. The van der Waals surface area contributed by atoms with Crippen LogP contribution in [0.4, 0.5) is 0 Å². The van der Waals surface area contributed by atoms with E-state index < -0.39 is 0 Å². The van der Waals surface area contributed by atoms with E-state index in [1.807, 2.05) is 0 Å². The highest BCUT2D eigenvalue weighted by atomic mass is 16.5. The Kier molecular flexibility index (Phi) is 2.18. The Balaban J connectivity index is 1.99. The molecule has 68 valence electrons. The average Bonchev–Trinajstić information content (AvgIpc) is 2.05. The minimum Gasteiger partial charge on any atom is -0.381 e. The van der Waals surface area contributed by atoms with Crippen molar-refractivity contribution in [1.29, 1.82) is 0 Å². The monoisotopic (exact) mass is 168 g/mol. The minimum absolute atomic E-state index is 0.0282. The van der Waals surface area contributed by atoms with Gasteiger partial charge in [0.05, 0.1) is 6.61 Å². The van der Waals surface area contributed by atoms with Gasteiger partial charge in [0.15, 0.2) is 0 Å². The summed E-state index contributed by atoms with van der Waals surface area (Å²) in [5.41, 5.74) is 0.0282. The second-order valence-electron chi connectivity index (χ2n) is 4.12. The molecular weight excluding hydrogens is 152 g/mol. The normalized spacial score (nSPS) is 33.8. The van der Waals surface area contributed by atoms with Crippen molar-refractivity contribution in [2.24, 2.45) is 11.3 Å². The van der Waals surface area contributed by atoms with E-state index in [1.165, 1.54) is 19.1 Å². The molecule has 0 N–H and O–H groups in total. The van der Waals surface area contributed by atoms with Crippen LogP contribution in [0.5, 0.6) is 0 Å². The van der Waals surface area contributed by atoms with Gasteiger partial charge in [0.2, 0.25) is 0 Å². The second kappa shape index (κ2) is 3.17. The maximum atomic E-state index is 11.0. The number of rotatable bonds is 2. The first-order valence-electron chi connectivity index (χ1n) is 4.91. The van der Waals surface area contributed by atoms with Gasteiger partial charge in [-0.1, -0.05) is 6.42 Å². The molecule has 0 aromatic heterocycles. The van der Waals surface area contributed by atoms with E-state index in [2.05, 4.69) is 0 Å². The topological polar surface area (TPSA) is 26.3 Å². The van der Waals surface area contributed by atoms with Crippen LogP contribution in [0.1, 0.15) is 32.1 Å². The van der Waals surface area contributed by atoms with Gasteiger partial charge in [0.1, 0.15) is 6.29 Å². The van der Waals surface area contributed by atoms with Gasteiger partial charge >= 0.3 is 0 Å². The van der Waals surface area contributed by atoms with E-state index in [-0.39, 0.29) is 5.41 Å². The molecule has 1 unspecified atom stereocenters. The zero-order valence-electron chi connectivity index (χ0n) is 7.42. The lowest BCUT2D eigenvalue weighted by Gasteiger charge is -2.44. The average molecular weight is 168 g/mol. The van der Waals surface area contributed by atoms with Crippen LogP contribution in [-0.2, 0) is 9.53 Å². The lowest BCUT2D eigenvalue weighted by atomic mass is 9.61. The summed E-state index contributed by atoms with van der Waals surface area (Å²) >= 11 is 0. The second-order valence-corrected chi connectivity index (χ2v) is 4.12. The van der Waals surface area contributed by atoms with Gasteiger partial charge < -0.3 is 9.53 Å². The highest BCUT2D eigenvalue weighted by Crippen LogP contribution is 2.47. The maximum Gasteiger partial charge on any atom is 0.126 e. The molecule has 1 aliphatic carbocycles. The molecule has 0 spiro atoms. The van der Waals surface area contributed by atoms with Gasteiger partial charge in [-0.15, -0.1) is 0 Å². The van der Waals surface area contributed by atoms with Crippen LogP contribution in [0.25, 0.3) is 0 Å². The zero-order valence-corrected chi connectivity index (χ0v) is 7.42. The molecule has 1 aliphatic heterocycles. The number of hydrogen-bond donors (Lipinski definition) is 0. The molecule has 2 aliphatic rings. The fraction of sp³-hybridized carbons (Fsp3) is 0.900. The van der Waals surface area contributed by atoms with Crippen LogP contribution in [0.3, 0.4) is 0 Å². The predicted molar refractivity (Wildman–Crippen MR) is 45.9 cm³/mol. The number of aldehydes is 1. The molecule has 0 aromatic carbocycles. The highest BCUT2D eigenvalue weighted by molar-refractivity contribution is 5.61. The van der Waals surface area contributed by atoms with Gasteiger partial charge in [-0.2, -0.15) is 0 Å². The summed E-state index contributed by atoms with van der Waals surface area (Å²) < 4.78 is 5.41. The third kappa shape index (κ3) is 1.18. The van der Waals surface area contributed by atoms with E-state index in [0.717, 1.165) is 32.5 Å². The minimum atomic E-state index is 0.0282. The van der Waals surface area contributed by atoms with E-state index in [9.17, 15) is 4.79 Å². The first-order valence-corrected chi connectivity index (χ1v) is 4.91. The van der Waals surface area contributed by atoms with Crippen molar-refractivity contribution in [2.45, 2.75) is 32.1 Å². The van der Waals surface area contributed by atoms with Gasteiger partial charge in [0, 0.05) is 12.0 Å². The number of hydrogen-bond acceptors (Lipinski definition) is 2. The SMILES string of the molecule is O=CC1(C2CCCOC2)CCC1. The van der Waals surface area contributed by atoms with Crippen LogP contribution in [0, 0.1) is 11.3 Å². The summed E-state index contributed by atoms with van der Waals surface area (Å²) in [7, 11) is 0. The summed E-state index contributed by atoms with van der Waals surface area (Å²) in [6.45, 7) is 1.71. The molecule has 2 nitrogen and oxygen atoms in total. The van der Waals surface area contributed by atoms with Gasteiger partial charge in [-0.05, 0) is 31.6 Å². The fourth-order valence-corrected chi connectivity index (χ4v) is 2.40. The molecule has 2 rings (SSSR count). The summed E-state index contributed by atoms with van der Waals surface area (Å²) in [6, 6.07) is 0. The predicted octanol–water partition coefficient (Wildman–Crippen LogP) is 1.78. The molecule has 2 heteroatoms. The Morgan fingerprint density at radius 2 is 2.17 bits per heavy atom. The lowest BCUT2D eigenvalue weighted by Crippen LogP contribution is -2.42. The number of carbonyl (C=O) groups is 1. The van der Waals surface area contributed by atoms with E-state index in [0.29, 0.717) is 5.92 Å². The Morgan fingerprint density at radius 3 is 2.58 bits per heavy atom. The molecule has 2 fully saturated rings. The maximum absolute atomic E-state index is 11.0. The van der Waals surface area contributed by atoms with Crippen LogP contribution in [0.2, 0.25) is 0 Å². The molecule has 0 amide bonds. The third-order valence-corrected chi connectivity index (χ3v) is 3.49. The molecule has 0 bridgehead atoms. The smallest absolute Gasteiger partial charge is 0.126 e. The summed E-state index contributed by atoms with van der Waals surface area (Å²) in [6.07, 6.45) is 6.96. The van der Waals surface area contributed by atoms with E-state index in [4.69, 9.17) is 4.74 Å². The van der Waals surface area contributed by atoms with Gasteiger partial charge in [-0.25, -0.2) is 0 Å². The Bertz CT molecular complexity index is 167. The standard InChI is InChI=1S/C10H16O2/c11-8-10(4-2-5-10)9-3-1-6-12-7-9/h8-9H,1-7H2. The molecule has 1 heterocycles. The quantitative estimate of drug-likeness (QED) is 0.587. The molecule has 12 heavy (non-hydrogen) atoms. The van der Waals surface area contributed by atoms with Crippen molar-refractivity contribution in [3.05, 3.63) is 0 Å². The Labute approximate surface area is 73.3 Å². The highest BCUT2D eigenvalue weighted by Gasteiger charge is 2.44. The molecular formula is C10H16O2. The fourth-order valence-electron chi connectivity index (χ4n) is 2.40. The molecule has 1 saturated heterocycles. The van der Waals surface area contributed by atoms with Crippen LogP contribution >= 0.6 is 0 Å². The summed E-state index contributed by atoms with van der Waals surface area (Å²) in [5.74, 6) is 0.525. The van der Waals surface area contributed by atoms with Crippen LogP contribution in [0.15, 0.2) is 0 Å². The number of ether oxygens (including phenoxy) is 1. The van der Waals surface area contributed by atoms with Crippen molar-refractivity contribution in [3.8, 4) is 0 Å². The zero-order chi connectivity index (χ0) is 8.44. The summed E-state index contributed by atoms with van der Waals surface area (Å²) in [4.78, 5) is 11.0. The Morgan fingerprint density at radius 1 is 1.33 bits per heavy atom. The van der Waals surface area contributed by atoms with Crippen molar-refractivity contribution in [2.75, 3.05) is 13.2 Å². The van der Waals surface area contributed by atoms with Gasteiger partial charge in [-0.3, -0.25) is 0 Å². The Hall–Kier alpha value is -0.370. The molecule has 1 saturated carbocycles. The first kappa shape index (κ1) is 8.24. The van der Waals surface area contributed by atoms with Crippen molar-refractivity contribution >= 4 is 6.29 Å². The number of carbonyl (C=O) groups excluding carboxylic acids is 1. The molecule has 0 radical (unpaired) electrons. The largest absolute Gasteiger partial charge is 0.381 e. The van der Waals surface area contributed by atoms with E-state index in [1.54, 1.807) is 0 Å². The first-order chi connectivity index (χ1) is 5.87. The van der Waals surface area contributed by atoms with Gasteiger partial charge in [0.25, 0.3) is 0 Å². The van der Waals surface area contributed by atoms with Crippen LogP contribution < -0.4 is 0 Å².